The lowest BCUT2D eigenvalue weighted by atomic mass is 10.0. The van der Waals surface area contributed by atoms with Gasteiger partial charge in [-0.15, -0.1) is 0 Å². The van der Waals surface area contributed by atoms with Crippen molar-refractivity contribution in [2.75, 3.05) is 13.7 Å². The molecule has 0 aliphatic carbocycles. The first-order valence-electron chi connectivity index (χ1n) is 4.53. The van der Waals surface area contributed by atoms with Crippen LogP contribution in [0, 0.1) is 6.92 Å². The van der Waals surface area contributed by atoms with Crippen LogP contribution in [0.25, 0.3) is 0 Å². The van der Waals surface area contributed by atoms with Crippen LogP contribution in [0.1, 0.15) is 11.1 Å². The van der Waals surface area contributed by atoms with Gasteiger partial charge >= 0.3 is 0 Å². The lowest BCUT2D eigenvalue weighted by Gasteiger charge is -2.11. The van der Waals surface area contributed by atoms with E-state index >= 15 is 0 Å². The maximum atomic E-state index is 5.86. The molecule has 1 aromatic carbocycles. The molecule has 0 aliphatic heterocycles. The van der Waals surface area contributed by atoms with Crippen molar-refractivity contribution < 1.29 is 4.74 Å². The summed E-state index contributed by atoms with van der Waals surface area (Å²) < 4.78 is 4.99. The summed E-state index contributed by atoms with van der Waals surface area (Å²) in [5.41, 5.74) is 8.47. The molecule has 1 unspecified atom stereocenters. The molecule has 1 atom stereocenters. The van der Waals surface area contributed by atoms with Crippen molar-refractivity contribution in [1.82, 2.24) is 0 Å². The zero-order chi connectivity index (χ0) is 9.68. The lowest BCUT2D eigenvalue weighted by Crippen LogP contribution is -2.28. The zero-order valence-corrected chi connectivity index (χ0v) is 8.29. The van der Waals surface area contributed by atoms with Crippen molar-refractivity contribution in [3.63, 3.8) is 0 Å². The van der Waals surface area contributed by atoms with Crippen LogP contribution in [-0.2, 0) is 11.2 Å². The summed E-state index contributed by atoms with van der Waals surface area (Å²) in [4.78, 5) is 0. The van der Waals surface area contributed by atoms with Gasteiger partial charge in [-0.2, -0.15) is 0 Å². The van der Waals surface area contributed by atoms with Gasteiger partial charge in [0.1, 0.15) is 0 Å². The van der Waals surface area contributed by atoms with Crippen LogP contribution >= 0.6 is 0 Å². The molecule has 0 aromatic heterocycles. The monoisotopic (exact) mass is 179 g/mol. The Morgan fingerprint density at radius 3 is 2.69 bits per heavy atom. The van der Waals surface area contributed by atoms with Gasteiger partial charge in [-0.05, 0) is 24.5 Å². The van der Waals surface area contributed by atoms with Gasteiger partial charge in [-0.3, -0.25) is 0 Å². The van der Waals surface area contributed by atoms with Gasteiger partial charge in [-0.1, -0.05) is 24.3 Å². The van der Waals surface area contributed by atoms with Crippen molar-refractivity contribution in [3.05, 3.63) is 35.4 Å². The summed E-state index contributed by atoms with van der Waals surface area (Å²) in [5, 5.41) is 0. The molecule has 0 saturated carbocycles. The number of hydrogen-bond donors (Lipinski definition) is 1. The number of hydrogen-bond acceptors (Lipinski definition) is 2. The first kappa shape index (κ1) is 10.2. The second-order valence-corrected chi connectivity index (χ2v) is 3.35. The van der Waals surface area contributed by atoms with E-state index in [0.717, 1.165) is 6.42 Å². The van der Waals surface area contributed by atoms with E-state index in [1.54, 1.807) is 7.11 Å². The van der Waals surface area contributed by atoms with E-state index in [2.05, 4.69) is 19.1 Å². The van der Waals surface area contributed by atoms with Gasteiger partial charge in [0.05, 0.1) is 6.61 Å². The van der Waals surface area contributed by atoms with E-state index < -0.39 is 0 Å². The summed E-state index contributed by atoms with van der Waals surface area (Å²) in [6, 6.07) is 8.41. The van der Waals surface area contributed by atoms with Crippen molar-refractivity contribution in [3.8, 4) is 0 Å². The quantitative estimate of drug-likeness (QED) is 0.760. The Labute approximate surface area is 79.7 Å². The van der Waals surface area contributed by atoms with Crippen LogP contribution in [0.5, 0.6) is 0 Å². The van der Waals surface area contributed by atoms with E-state index in [9.17, 15) is 0 Å². The van der Waals surface area contributed by atoms with E-state index in [4.69, 9.17) is 10.5 Å². The SMILES string of the molecule is COCC(N)Cc1ccccc1C. The molecule has 2 N–H and O–H groups in total. The van der Waals surface area contributed by atoms with Crippen LogP contribution in [0.3, 0.4) is 0 Å². The fourth-order valence-electron chi connectivity index (χ4n) is 1.39. The van der Waals surface area contributed by atoms with Gasteiger partial charge in [-0.25, -0.2) is 0 Å². The third-order valence-corrected chi connectivity index (χ3v) is 2.12. The molecule has 0 bridgehead atoms. The van der Waals surface area contributed by atoms with Crippen molar-refractivity contribution in [1.29, 1.82) is 0 Å². The van der Waals surface area contributed by atoms with E-state index in [1.807, 2.05) is 12.1 Å². The Hall–Kier alpha value is -0.860. The second kappa shape index (κ2) is 5.00. The predicted octanol–water partition coefficient (Wildman–Crippen LogP) is 1.51. The first-order valence-corrected chi connectivity index (χ1v) is 4.53. The largest absolute Gasteiger partial charge is 0.383 e. The van der Waals surface area contributed by atoms with Crippen LogP contribution < -0.4 is 5.73 Å². The van der Waals surface area contributed by atoms with Crippen molar-refractivity contribution in [2.24, 2.45) is 5.73 Å². The number of rotatable bonds is 4. The number of aryl methyl sites for hydroxylation is 1. The summed E-state index contributed by atoms with van der Waals surface area (Å²) in [6.07, 6.45) is 0.889. The maximum absolute atomic E-state index is 5.86. The Kier molecular flexibility index (Phi) is 3.93. The smallest absolute Gasteiger partial charge is 0.0616 e. The van der Waals surface area contributed by atoms with Crippen LogP contribution in [0.4, 0.5) is 0 Å². The molecule has 0 fully saturated rings. The molecule has 0 radical (unpaired) electrons. The molecule has 0 aliphatic rings. The minimum atomic E-state index is 0.103. The summed E-state index contributed by atoms with van der Waals surface area (Å²) in [5.74, 6) is 0. The number of methoxy groups -OCH3 is 1. The Morgan fingerprint density at radius 2 is 2.08 bits per heavy atom. The van der Waals surface area contributed by atoms with Crippen LogP contribution in [0.2, 0.25) is 0 Å². The molecule has 13 heavy (non-hydrogen) atoms. The topological polar surface area (TPSA) is 35.2 Å². The summed E-state index contributed by atoms with van der Waals surface area (Å²) in [7, 11) is 1.68. The third kappa shape index (κ3) is 3.17. The second-order valence-electron chi connectivity index (χ2n) is 3.35. The fraction of sp³-hybridized carbons (Fsp3) is 0.455. The van der Waals surface area contributed by atoms with Crippen molar-refractivity contribution >= 4 is 0 Å². The van der Waals surface area contributed by atoms with E-state index in [1.165, 1.54) is 11.1 Å². The average Bonchev–Trinajstić information content (AvgIpc) is 2.09. The average molecular weight is 179 g/mol. The van der Waals surface area contributed by atoms with Crippen molar-refractivity contribution in [2.45, 2.75) is 19.4 Å². The van der Waals surface area contributed by atoms with Gasteiger partial charge in [0, 0.05) is 13.2 Å². The molecular weight excluding hydrogens is 162 g/mol. The summed E-state index contributed by atoms with van der Waals surface area (Å²) >= 11 is 0. The van der Waals surface area contributed by atoms with Gasteiger partial charge in [0.2, 0.25) is 0 Å². The maximum Gasteiger partial charge on any atom is 0.0616 e. The highest BCUT2D eigenvalue weighted by Crippen LogP contribution is 2.08. The predicted molar refractivity (Wildman–Crippen MR) is 54.7 cm³/mol. The zero-order valence-electron chi connectivity index (χ0n) is 8.29. The molecule has 1 aromatic rings. The first-order chi connectivity index (χ1) is 6.24. The molecule has 0 amide bonds. The van der Waals surface area contributed by atoms with Gasteiger partial charge in [0.25, 0.3) is 0 Å². The van der Waals surface area contributed by atoms with Gasteiger partial charge < -0.3 is 10.5 Å². The molecule has 72 valence electrons. The highest BCUT2D eigenvalue weighted by Gasteiger charge is 2.04. The normalized spacial score (nSPS) is 12.8. The van der Waals surface area contributed by atoms with Gasteiger partial charge in [0.15, 0.2) is 0 Å². The molecular formula is C11H17NO. The van der Waals surface area contributed by atoms with E-state index in [0.29, 0.717) is 6.61 Å². The molecule has 0 saturated heterocycles. The molecule has 0 heterocycles. The fourth-order valence-corrected chi connectivity index (χ4v) is 1.39. The van der Waals surface area contributed by atoms with Crippen LogP contribution in [0.15, 0.2) is 24.3 Å². The minimum Gasteiger partial charge on any atom is -0.383 e. The summed E-state index contributed by atoms with van der Waals surface area (Å²) in [6.45, 7) is 2.73. The number of benzene rings is 1. The highest BCUT2D eigenvalue weighted by molar-refractivity contribution is 5.26. The number of ether oxygens (including phenoxy) is 1. The minimum absolute atomic E-state index is 0.103. The van der Waals surface area contributed by atoms with Crippen LogP contribution in [-0.4, -0.2) is 19.8 Å². The highest BCUT2D eigenvalue weighted by atomic mass is 16.5. The molecule has 2 heteroatoms. The Balaban J connectivity index is 2.58. The number of nitrogens with two attached hydrogens (primary N) is 1. The molecule has 2 nitrogen and oxygen atoms in total. The Morgan fingerprint density at radius 1 is 1.38 bits per heavy atom. The molecule has 0 spiro atoms. The third-order valence-electron chi connectivity index (χ3n) is 2.12. The standard InChI is InChI=1S/C11H17NO/c1-9-5-3-4-6-10(9)7-11(12)8-13-2/h3-6,11H,7-8,12H2,1-2H3. The Bertz CT molecular complexity index is 260. The van der Waals surface area contributed by atoms with E-state index in [-0.39, 0.29) is 6.04 Å². The molecule has 1 rings (SSSR count). The lowest BCUT2D eigenvalue weighted by molar-refractivity contribution is 0.180.